The summed E-state index contributed by atoms with van der Waals surface area (Å²) in [6.45, 7) is 1.28. The van der Waals surface area contributed by atoms with Crippen molar-refractivity contribution >= 4 is 11.8 Å². The predicted octanol–water partition coefficient (Wildman–Crippen LogP) is 2.31. The van der Waals surface area contributed by atoms with E-state index in [4.69, 9.17) is 0 Å². The summed E-state index contributed by atoms with van der Waals surface area (Å²) < 4.78 is 69.1. The highest BCUT2D eigenvalue weighted by molar-refractivity contribution is 6.01. The van der Waals surface area contributed by atoms with E-state index in [1.54, 1.807) is 20.0 Å². The van der Waals surface area contributed by atoms with E-state index in [2.05, 4.69) is 21.0 Å². The predicted molar refractivity (Wildman–Crippen MR) is 116 cm³/mol. The van der Waals surface area contributed by atoms with Gasteiger partial charge in [-0.25, -0.2) is 8.78 Å². The van der Waals surface area contributed by atoms with E-state index in [1.165, 1.54) is 4.68 Å². The first kappa shape index (κ1) is 25.3. The molecule has 8 nitrogen and oxygen atoms in total. The molecule has 0 aliphatic carbocycles. The maximum atomic E-state index is 14.8. The quantitative estimate of drug-likeness (QED) is 0.395. The number of halogens is 5. The number of aliphatic hydroxyl groups is 1. The van der Waals surface area contributed by atoms with E-state index in [9.17, 15) is 36.6 Å². The Morgan fingerprint density at radius 2 is 1.86 bits per heavy atom. The van der Waals surface area contributed by atoms with E-state index in [-0.39, 0.29) is 16.8 Å². The molecular weight excluding hydrogens is 489 g/mol. The zero-order valence-electron chi connectivity index (χ0n) is 18.9. The molecule has 3 aromatic rings. The van der Waals surface area contributed by atoms with Crippen molar-refractivity contribution in [3.8, 4) is 11.1 Å². The Labute approximate surface area is 201 Å². The molecule has 0 radical (unpaired) electrons. The number of hydrogen-bond acceptors (Lipinski definition) is 5. The summed E-state index contributed by atoms with van der Waals surface area (Å²) in [5.74, 6) is -4.36. The number of aliphatic hydroxyl groups excluding tert-OH is 1. The largest absolute Gasteiger partial charge is 0.416 e. The van der Waals surface area contributed by atoms with Crippen LogP contribution in [0.2, 0.25) is 0 Å². The van der Waals surface area contributed by atoms with Crippen LogP contribution in [0.1, 0.15) is 27.3 Å². The fourth-order valence-electron chi connectivity index (χ4n) is 3.92. The number of aryl methyl sites for hydroxylation is 2. The van der Waals surface area contributed by atoms with Gasteiger partial charge in [-0.3, -0.25) is 19.6 Å². The minimum absolute atomic E-state index is 0.160. The number of amides is 2. The molecule has 2 aromatic carbocycles. The van der Waals surface area contributed by atoms with Crippen LogP contribution in [0.15, 0.2) is 42.5 Å². The number of hydrogen-bond donors (Lipinski definition) is 4. The van der Waals surface area contributed by atoms with E-state index >= 15 is 0 Å². The number of nitrogens with zero attached hydrogens (tertiary/aromatic N) is 2. The topological polar surface area (TPSA) is 108 Å². The first-order chi connectivity index (χ1) is 16.8. The third kappa shape index (κ3) is 4.42. The normalized spacial score (nSPS) is 19.9. The van der Waals surface area contributed by atoms with Crippen LogP contribution < -0.4 is 16.0 Å². The average molecular weight is 509 g/mol. The van der Waals surface area contributed by atoms with E-state index in [0.717, 1.165) is 18.2 Å². The minimum atomic E-state index is -4.64. The lowest BCUT2D eigenvalue weighted by Gasteiger charge is -2.25. The molecule has 1 aliphatic heterocycles. The fraction of sp³-hybridized carbons (Fsp3) is 0.261. The highest BCUT2D eigenvalue weighted by Gasteiger charge is 2.49. The van der Waals surface area contributed by atoms with Gasteiger partial charge in [-0.1, -0.05) is 12.1 Å². The first-order valence-electron chi connectivity index (χ1n) is 10.5. The summed E-state index contributed by atoms with van der Waals surface area (Å²) in [5, 5.41) is 21.5. The number of alkyl halides is 3. The standard InChI is InChI=1S/C23H20F5N5O3/c1-11-9-16(32-33(11)2)22(20(35)30-21(36)31-22)10-29-19(34)14-7-8-15(24)18(25)17(14)12-3-5-13(6-4-12)23(26,27)28/h3-9,21,31,36H,10H2,1-2H3,(H,29,34)(H,30,35). The van der Waals surface area contributed by atoms with E-state index in [1.807, 2.05) is 0 Å². The Kier molecular flexibility index (Phi) is 6.31. The molecular formula is C23H20F5N5O3. The summed E-state index contributed by atoms with van der Waals surface area (Å²) in [7, 11) is 1.63. The van der Waals surface area contributed by atoms with Crippen molar-refractivity contribution in [1.82, 2.24) is 25.7 Å². The zero-order chi connectivity index (χ0) is 26.4. The molecule has 36 heavy (non-hydrogen) atoms. The molecule has 2 amide bonds. The van der Waals surface area contributed by atoms with Gasteiger partial charge in [0.15, 0.2) is 23.5 Å². The van der Waals surface area contributed by atoms with Crippen LogP contribution in [0.25, 0.3) is 11.1 Å². The molecule has 0 bridgehead atoms. The van der Waals surface area contributed by atoms with Gasteiger partial charge in [-0.05, 0) is 42.8 Å². The Hall–Kier alpha value is -3.84. The minimum Gasteiger partial charge on any atom is -0.361 e. The first-order valence-corrected chi connectivity index (χ1v) is 10.5. The Morgan fingerprint density at radius 3 is 2.39 bits per heavy atom. The van der Waals surface area contributed by atoms with Crippen LogP contribution in [0.5, 0.6) is 0 Å². The van der Waals surface area contributed by atoms with E-state index < -0.39 is 59.2 Å². The molecule has 2 heterocycles. The molecule has 0 saturated carbocycles. The van der Waals surface area contributed by atoms with Crippen LogP contribution in [0.4, 0.5) is 22.0 Å². The van der Waals surface area contributed by atoms with Gasteiger partial charge in [-0.2, -0.15) is 18.3 Å². The molecule has 1 aromatic heterocycles. The van der Waals surface area contributed by atoms with Crippen molar-refractivity contribution in [2.24, 2.45) is 7.05 Å². The van der Waals surface area contributed by atoms with Crippen molar-refractivity contribution in [3.63, 3.8) is 0 Å². The molecule has 1 aliphatic rings. The molecule has 4 N–H and O–H groups in total. The second-order valence-electron chi connectivity index (χ2n) is 8.26. The molecule has 13 heteroatoms. The molecule has 190 valence electrons. The fourth-order valence-corrected chi connectivity index (χ4v) is 3.92. The third-order valence-corrected chi connectivity index (χ3v) is 5.94. The van der Waals surface area contributed by atoms with Crippen molar-refractivity contribution in [1.29, 1.82) is 0 Å². The number of carbonyl (C=O) groups excluding carboxylic acids is 2. The van der Waals surface area contributed by atoms with Gasteiger partial charge < -0.3 is 15.7 Å². The number of aromatic nitrogens is 2. The summed E-state index contributed by atoms with van der Waals surface area (Å²) in [6.07, 6.45) is -6.08. The highest BCUT2D eigenvalue weighted by Crippen LogP contribution is 2.34. The SMILES string of the molecule is Cc1cc(C2(CNC(=O)c3ccc(F)c(F)c3-c3ccc(C(F)(F)F)cc3)NC(O)NC2=O)nn1C. The second kappa shape index (κ2) is 8.99. The molecule has 2 unspecified atom stereocenters. The molecule has 1 fully saturated rings. The van der Waals surface area contributed by atoms with Crippen LogP contribution >= 0.6 is 0 Å². The molecule has 1 saturated heterocycles. The van der Waals surface area contributed by atoms with Crippen LogP contribution in [0.3, 0.4) is 0 Å². The lowest BCUT2D eigenvalue weighted by atomic mass is 9.94. The average Bonchev–Trinajstić information content (AvgIpc) is 3.31. The van der Waals surface area contributed by atoms with Crippen LogP contribution in [0, 0.1) is 18.6 Å². The van der Waals surface area contributed by atoms with Crippen molar-refractivity contribution in [2.45, 2.75) is 25.0 Å². The summed E-state index contributed by atoms with van der Waals surface area (Å²) >= 11 is 0. The van der Waals surface area contributed by atoms with E-state index in [0.29, 0.717) is 23.9 Å². The smallest absolute Gasteiger partial charge is 0.361 e. The zero-order valence-corrected chi connectivity index (χ0v) is 18.9. The lowest BCUT2D eigenvalue weighted by Crippen LogP contribution is -2.53. The van der Waals surface area contributed by atoms with Gasteiger partial charge in [0.2, 0.25) is 0 Å². The Balaban J connectivity index is 1.68. The highest BCUT2D eigenvalue weighted by atomic mass is 19.4. The van der Waals surface area contributed by atoms with Crippen LogP contribution in [-0.4, -0.2) is 39.6 Å². The Bertz CT molecular complexity index is 1320. The van der Waals surface area contributed by atoms with Gasteiger partial charge in [0.25, 0.3) is 11.8 Å². The third-order valence-electron chi connectivity index (χ3n) is 5.94. The van der Waals surface area contributed by atoms with Gasteiger partial charge in [0.05, 0.1) is 23.4 Å². The number of carbonyl (C=O) groups is 2. The summed E-state index contributed by atoms with van der Waals surface area (Å²) in [6, 6.07) is 6.50. The maximum absolute atomic E-state index is 14.8. The van der Waals surface area contributed by atoms with Crippen molar-refractivity contribution in [3.05, 3.63) is 76.6 Å². The van der Waals surface area contributed by atoms with Gasteiger partial charge in [0.1, 0.15) is 0 Å². The van der Waals surface area contributed by atoms with Crippen molar-refractivity contribution < 1.29 is 36.6 Å². The van der Waals surface area contributed by atoms with Crippen LogP contribution in [-0.2, 0) is 23.6 Å². The number of benzene rings is 2. The summed E-state index contributed by atoms with van der Waals surface area (Å²) in [5.41, 5.74) is -2.91. The van der Waals surface area contributed by atoms with Gasteiger partial charge >= 0.3 is 6.18 Å². The molecule has 0 spiro atoms. The van der Waals surface area contributed by atoms with Gasteiger partial charge in [-0.15, -0.1) is 0 Å². The summed E-state index contributed by atoms with van der Waals surface area (Å²) in [4.78, 5) is 25.8. The molecule has 2 atom stereocenters. The monoisotopic (exact) mass is 509 g/mol. The number of nitrogens with one attached hydrogen (secondary N) is 3. The Morgan fingerprint density at radius 1 is 1.19 bits per heavy atom. The molecule has 4 rings (SSSR count). The van der Waals surface area contributed by atoms with Gasteiger partial charge in [0, 0.05) is 18.3 Å². The maximum Gasteiger partial charge on any atom is 0.416 e. The second-order valence-corrected chi connectivity index (χ2v) is 8.26. The lowest BCUT2D eigenvalue weighted by molar-refractivity contribution is -0.137. The number of rotatable bonds is 5. The van der Waals surface area contributed by atoms with Crippen molar-refractivity contribution in [2.75, 3.05) is 6.54 Å².